The van der Waals surface area contributed by atoms with E-state index >= 15 is 0 Å². The normalized spacial score (nSPS) is 35.5. The van der Waals surface area contributed by atoms with E-state index in [2.05, 4.69) is 48.5 Å². The Kier molecular flexibility index (Phi) is 4.04. The number of hydrogen-bond donors (Lipinski definition) is 0. The molecule has 33 heavy (non-hydrogen) atoms. The third-order valence-corrected chi connectivity index (χ3v) is 9.67. The minimum atomic E-state index is -0.366. The largest absolute Gasteiger partial charge is 0.469 e. The molecule has 4 bridgehead atoms. The zero-order chi connectivity index (χ0) is 22.4. The average molecular weight is 441 g/mol. The Balaban J connectivity index is 1.37. The van der Waals surface area contributed by atoms with E-state index < -0.39 is 0 Å². The molecule has 3 aromatic rings. The van der Waals surface area contributed by atoms with Crippen LogP contribution >= 0.6 is 0 Å². The summed E-state index contributed by atoms with van der Waals surface area (Å²) in [6.07, 6.45) is 3.17. The van der Waals surface area contributed by atoms with Crippen molar-refractivity contribution in [1.82, 2.24) is 0 Å². The van der Waals surface area contributed by atoms with Crippen molar-refractivity contribution in [2.75, 3.05) is 14.2 Å². The summed E-state index contributed by atoms with van der Waals surface area (Å²) in [5.41, 5.74) is 2.96. The minimum absolute atomic E-state index is 0.201. The topological polar surface area (TPSA) is 52.6 Å². The Morgan fingerprint density at radius 1 is 0.697 bits per heavy atom. The van der Waals surface area contributed by atoms with E-state index in [0.29, 0.717) is 23.7 Å². The van der Waals surface area contributed by atoms with Gasteiger partial charge >= 0.3 is 11.9 Å². The van der Waals surface area contributed by atoms with E-state index in [9.17, 15) is 9.59 Å². The van der Waals surface area contributed by atoms with Crippen LogP contribution in [0.4, 0.5) is 0 Å². The summed E-state index contributed by atoms with van der Waals surface area (Å²) in [6.45, 7) is 0. The second kappa shape index (κ2) is 6.82. The molecule has 5 aliphatic carbocycles. The summed E-state index contributed by atoms with van der Waals surface area (Å²) in [6, 6.07) is 18.0. The van der Waals surface area contributed by atoms with Gasteiger partial charge in [-0.2, -0.15) is 0 Å². The van der Waals surface area contributed by atoms with E-state index in [1.54, 1.807) is 0 Å². The number of hydrogen-bond acceptors (Lipinski definition) is 4. The highest BCUT2D eigenvalue weighted by Gasteiger charge is 2.67. The van der Waals surface area contributed by atoms with Crippen LogP contribution in [0.25, 0.3) is 21.5 Å². The maximum atomic E-state index is 12.9. The summed E-state index contributed by atoms with van der Waals surface area (Å²) in [4.78, 5) is 25.8. The van der Waals surface area contributed by atoms with Gasteiger partial charge in [-0.05, 0) is 99.6 Å². The number of ether oxygens (including phenoxy) is 2. The van der Waals surface area contributed by atoms with E-state index in [-0.39, 0.29) is 35.6 Å². The van der Waals surface area contributed by atoms with Gasteiger partial charge in [0.15, 0.2) is 0 Å². The third-order valence-electron chi connectivity index (χ3n) is 9.67. The quantitative estimate of drug-likeness (QED) is 0.394. The van der Waals surface area contributed by atoms with Crippen LogP contribution in [-0.2, 0) is 19.1 Å². The molecule has 4 fully saturated rings. The second-order valence-electron chi connectivity index (χ2n) is 10.6. The Morgan fingerprint density at radius 3 is 1.58 bits per heavy atom. The standard InChI is InChI=1S/C29H28O4/c1-32-28(30)26-18-7-8-19(27(26)29(31)33-2)25-23-13-22(24(18)25)20-11-16-9-14-5-3-4-6-15(14)10-17(16)12-21(20)23/h3-6,9-12,18-19,22-27H,7-8,13H2,1-2H3/t18-,19+,22-,23+,24-,25+,26-,27-/m1/s1. The Bertz CT molecular complexity index is 1230. The monoisotopic (exact) mass is 440 g/mol. The van der Waals surface area contributed by atoms with Gasteiger partial charge in [0.25, 0.3) is 0 Å². The van der Waals surface area contributed by atoms with Crippen LogP contribution in [-0.4, -0.2) is 26.2 Å². The van der Waals surface area contributed by atoms with Crippen LogP contribution in [0.15, 0.2) is 48.5 Å². The number of carbonyl (C=O) groups excluding carboxylic acids is 2. The van der Waals surface area contributed by atoms with Crippen molar-refractivity contribution in [3.63, 3.8) is 0 Å². The lowest BCUT2D eigenvalue weighted by Crippen LogP contribution is -2.57. The molecule has 3 aromatic carbocycles. The molecule has 0 aliphatic heterocycles. The molecule has 168 valence electrons. The molecule has 0 radical (unpaired) electrons. The van der Waals surface area contributed by atoms with Gasteiger partial charge in [0.2, 0.25) is 0 Å². The Morgan fingerprint density at radius 2 is 1.15 bits per heavy atom. The molecule has 4 nitrogen and oxygen atoms in total. The molecule has 0 unspecified atom stereocenters. The lowest BCUT2D eigenvalue weighted by Gasteiger charge is -2.56. The van der Waals surface area contributed by atoms with E-state index in [1.165, 1.54) is 46.9 Å². The van der Waals surface area contributed by atoms with Crippen LogP contribution in [0, 0.1) is 35.5 Å². The molecule has 4 heteroatoms. The molecule has 8 rings (SSSR count). The van der Waals surface area contributed by atoms with Crippen LogP contribution in [0.5, 0.6) is 0 Å². The van der Waals surface area contributed by atoms with Gasteiger partial charge in [-0.3, -0.25) is 9.59 Å². The first kappa shape index (κ1) is 19.6. The van der Waals surface area contributed by atoms with Gasteiger partial charge in [-0.25, -0.2) is 0 Å². The highest BCUT2D eigenvalue weighted by atomic mass is 16.5. The fraction of sp³-hybridized carbons (Fsp3) is 0.448. The smallest absolute Gasteiger partial charge is 0.309 e. The van der Waals surface area contributed by atoms with Gasteiger partial charge < -0.3 is 9.47 Å². The number of rotatable bonds is 2. The molecule has 8 atom stereocenters. The number of esters is 2. The molecule has 0 heterocycles. The molecule has 4 saturated carbocycles. The molecular formula is C29H28O4. The van der Waals surface area contributed by atoms with Crippen molar-refractivity contribution in [2.45, 2.75) is 31.1 Å². The van der Waals surface area contributed by atoms with Crippen LogP contribution in [0.2, 0.25) is 0 Å². The van der Waals surface area contributed by atoms with E-state index in [1.807, 2.05) is 0 Å². The Labute approximate surface area is 193 Å². The average Bonchev–Trinajstić information content (AvgIpc) is 3.43. The van der Waals surface area contributed by atoms with Crippen LogP contribution < -0.4 is 0 Å². The predicted molar refractivity (Wildman–Crippen MR) is 126 cm³/mol. The fourth-order valence-corrected chi connectivity index (χ4v) is 8.69. The summed E-state index contributed by atoms with van der Waals surface area (Å²) < 4.78 is 10.4. The van der Waals surface area contributed by atoms with Crippen molar-refractivity contribution in [2.24, 2.45) is 35.5 Å². The van der Waals surface area contributed by atoms with Gasteiger partial charge in [0.05, 0.1) is 26.1 Å². The van der Waals surface area contributed by atoms with Gasteiger partial charge in [-0.15, -0.1) is 0 Å². The SMILES string of the molecule is COC(=O)[C@@H]1[C@H]2CC[C@@H]([C@H]1C(=O)OC)[C@H]1[C@@H]2[C@H]2C[C@@H]1c1cc3cc4ccccc4cc3cc12. The molecule has 0 N–H and O–H groups in total. The zero-order valence-electron chi connectivity index (χ0n) is 19.0. The third kappa shape index (κ3) is 2.47. The van der Waals surface area contributed by atoms with Crippen LogP contribution in [0.1, 0.15) is 42.2 Å². The van der Waals surface area contributed by atoms with E-state index in [0.717, 1.165) is 19.3 Å². The molecule has 0 aromatic heterocycles. The predicted octanol–water partition coefficient (Wildman–Crippen LogP) is 5.43. The molecule has 0 amide bonds. The number of fused-ring (bicyclic) bond motifs is 9. The van der Waals surface area contributed by atoms with Crippen molar-refractivity contribution in [3.8, 4) is 0 Å². The van der Waals surface area contributed by atoms with Crippen molar-refractivity contribution >= 4 is 33.5 Å². The molecule has 0 saturated heterocycles. The van der Waals surface area contributed by atoms with Gasteiger partial charge in [-0.1, -0.05) is 36.4 Å². The maximum Gasteiger partial charge on any atom is 0.309 e. The summed E-state index contributed by atoms with van der Waals surface area (Å²) in [5.74, 6) is 1.09. The number of carbonyl (C=O) groups is 2. The molecular weight excluding hydrogens is 412 g/mol. The van der Waals surface area contributed by atoms with Crippen LogP contribution in [0.3, 0.4) is 0 Å². The number of methoxy groups -OCH3 is 2. The second-order valence-corrected chi connectivity index (χ2v) is 10.6. The van der Waals surface area contributed by atoms with Gasteiger partial charge in [0, 0.05) is 0 Å². The fourth-order valence-electron chi connectivity index (χ4n) is 8.69. The molecule has 0 spiro atoms. The highest BCUT2D eigenvalue weighted by molar-refractivity contribution is 5.99. The maximum absolute atomic E-state index is 12.9. The van der Waals surface area contributed by atoms with Gasteiger partial charge in [0.1, 0.15) is 0 Å². The summed E-state index contributed by atoms with van der Waals surface area (Å²) >= 11 is 0. The lowest BCUT2D eigenvalue weighted by molar-refractivity contribution is -0.179. The summed E-state index contributed by atoms with van der Waals surface area (Å²) in [5, 5.41) is 5.15. The van der Waals surface area contributed by atoms with Crippen molar-refractivity contribution in [1.29, 1.82) is 0 Å². The lowest BCUT2D eigenvalue weighted by atomic mass is 9.47. The van der Waals surface area contributed by atoms with Crippen molar-refractivity contribution < 1.29 is 19.1 Å². The Hall–Kier alpha value is -2.88. The first-order chi connectivity index (χ1) is 16.1. The summed E-state index contributed by atoms with van der Waals surface area (Å²) in [7, 11) is 2.89. The van der Waals surface area contributed by atoms with Crippen molar-refractivity contribution in [3.05, 3.63) is 59.7 Å². The first-order valence-electron chi connectivity index (χ1n) is 12.2. The highest BCUT2D eigenvalue weighted by Crippen LogP contribution is 2.71. The minimum Gasteiger partial charge on any atom is -0.469 e. The van der Waals surface area contributed by atoms with E-state index in [4.69, 9.17) is 9.47 Å². The first-order valence-corrected chi connectivity index (χ1v) is 12.2. The zero-order valence-corrected chi connectivity index (χ0v) is 19.0. The molecule has 5 aliphatic rings. The number of benzene rings is 3.